The molecule has 0 bridgehead atoms. The second-order valence-electron chi connectivity index (χ2n) is 4.86. The van der Waals surface area contributed by atoms with Crippen molar-refractivity contribution in [2.24, 2.45) is 5.92 Å². The average molecular weight is 237 g/mol. The molecule has 1 aliphatic rings. The van der Waals surface area contributed by atoms with Gasteiger partial charge in [-0.05, 0) is 38.5 Å². The van der Waals surface area contributed by atoms with Crippen LogP contribution >= 0.6 is 0 Å². The smallest absolute Gasteiger partial charge is 0.358 e. The second kappa shape index (κ2) is 4.85. The zero-order valence-corrected chi connectivity index (χ0v) is 10.4. The van der Waals surface area contributed by atoms with Crippen LogP contribution in [0, 0.1) is 12.8 Å². The molecule has 0 atom stereocenters. The van der Waals surface area contributed by atoms with Crippen LogP contribution in [-0.4, -0.2) is 26.1 Å². The first-order chi connectivity index (χ1) is 8.13. The van der Waals surface area contributed by atoms with E-state index in [-0.39, 0.29) is 5.69 Å². The zero-order valence-electron chi connectivity index (χ0n) is 10.4. The van der Waals surface area contributed by atoms with Crippen LogP contribution in [0.15, 0.2) is 0 Å². The van der Waals surface area contributed by atoms with Crippen molar-refractivity contribution in [3.05, 3.63) is 11.4 Å². The summed E-state index contributed by atoms with van der Waals surface area (Å²) < 4.78 is 1.80. The molecule has 1 aliphatic carbocycles. The summed E-state index contributed by atoms with van der Waals surface area (Å²) in [5, 5.41) is 16.7. The molecule has 0 spiro atoms. The van der Waals surface area contributed by atoms with Gasteiger partial charge in [-0.3, -0.25) is 0 Å². The normalized spacial score (nSPS) is 24.8. The first kappa shape index (κ1) is 12.1. The van der Waals surface area contributed by atoms with E-state index in [0.29, 0.717) is 11.7 Å². The van der Waals surface area contributed by atoms with Gasteiger partial charge in [0.05, 0.1) is 11.7 Å². The Bertz CT molecular complexity index is 406. The lowest BCUT2D eigenvalue weighted by molar-refractivity contribution is 0.0689. The highest BCUT2D eigenvalue weighted by atomic mass is 16.4. The van der Waals surface area contributed by atoms with Crippen LogP contribution < -0.4 is 0 Å². The average Bonchev–Trinajstić information content (AvgIpc) is 2.71. The van der Waals surface area contributed by atoms with Crippen LogP contribution in [0.1, 0.15) is 61.3 Å². The molecule has 1 aromatic heterocycles. The fourth-order valence-electron chi connectivity index (χ4n) is 2.68. The number of carbonyl (C=O) groups is 1. The monoisotopic (exact) mass is 237 g/mol. The van der Waals surface area contributed by atoms with E-state index in [1.165, 1.54) is 19.3 Å². The van der Waals surface area contributed by atoms with E-state index in [2.05, 4.69) is 17.2 Å². The molecule has 0 amide bonds. The minimum Gasteiger partial charge on any atom is -0.476 e. The molecule has 0 aromatic carbocycles. The Morgan fingerprint density at radius 1 is 1.41 bits per heavy atom. The van der Waals surface area contributed by atoms with Crippen molar-refractivity contribution in [2.45, 2.75) is 52.0 Å². The lowest BCUT2D eigenvalue weighted by Crippen LogP contribution is -2.20. The molecule has 0 radical (unpaired) electrons. The van der Waals surface area contributed by atoms with Gasteiger partial charge in [0.25, 0.3) is 0 Å². The number of aromatic carboxylic acids is 1. The van der Waals surface area contributed by atoms with Crippen molar-refractivity contribution in [3.63, 3.8) is 0 Å². The number of hydrogen-bond donors (Lipinski definition) is 1. The van der Waals surface area contributed by atoms with Crippen molar-refractivity contribution in [3.8, 4) is 0 Å². The van der Waals surface area contributed by atoms with Crippen molar-refractivity contribution in [1.29, 1.82) is 0 Å². The summed E-state index contributed by atoms with van der Waals surface area (Å²) in [7, 11) is 0. The predicted molar refractivity (Wildman–Crippen MR) is 63.0 cm³/mol. The number of rotatable bonds is 3. The van der Waals surface area contributed by atoms with E-state index >= 15 is 0 Å². The number of carboxylic acid groups (broad SMARTS) is 1. The number of hydrogen-bond acceptors (Lipinski definition) is 3. The van der Waals surface area contributed by atoms with Crippen LogP contribution in [0.5, 0.6) is 0 Å². The van der Waals surface area contributed by atoms with Gasteiger partial charge in [0.2, 0.25) is 0 Å². The molecule has 94 valence electrons. The maximum Gasteiger partial charge on any atom is 0.358 e. The lowest BCUT2D eigenvalue weighted by Gasteiger charge is -2.28. The highest BCUT2D eigenvalue weighted by Gasteiger charge is 2.25. The van der Waals surface area contributed by atoms with Gasteiger partial charge in [0.1, 0.15) is 0 Å². The molecular weight excluding hydrogens is 218 g/mol. The van der Waals surface area contributed by atoms with Gasteiger partial charge in [0.15, 0.2) is 5.69 Å². The quantitative estimate of drug-likeness (QED) is 0.876. The summed E-state index contributed by atoms with van der Waals surface area (Å²) >= 11 is 0. The number of carboxylic acids is 1. The van der Waals surface area contributed by atoms with E-state index in [4.69, 9.17) is 5.11 Å². The highest BCUT2D eigenvalue weighted by molar-refractivity contribution is 5.86. The largest absolute Gasteiger partial charge is 0.476 e. The molecule has 1 aromatic rings. The van der Waals surface area contributed by atoms with Gasteiger partial charge >= 0.3 is 5.97 Å². The molecule has 1 saturated carbocycles. The summed E-state index contributed by atoms with van der Waals surface area (Å²) in [4.78, 5) is 10.9. The SMILES string of the molecule is CCC1CCC(n2nnc(C(=O)O)c2C)CC1. The Labute approximate surface area is 101 Å². The minimum atomic E-state index is -0.990. The molecule has 1 fully saturated rings. The molecular formula is C12H19N3O2. The maximum absolute atomic E-state index is 10.9. The van der Waals surface area contributed by atoms with Crippen LogP contribution in [0.3, 0.4) is 0 Å². The molecule has 17 heavy (non-hydrogen) atoms. The minimum absolute atomic E-state index is 0.0858. The van der Waals surface area contributed by atoms with Crippen LogP contribution in [-0.2, 0) is 0 Å². The zero-order chi connectivity index (χ0) is 12.4. The van der Waals surface area contributed by atoms with E-state index < -0.39 is 5.97 Å². The number of aromatic nitrogens is 3. The van der Waals surface area contributed by atoms with Gasteiger partial charge in [-0.25, -0.2) is 9.48 Å². The fourth-order valence-corrected chi connectivity index (χ4v) is 2.68. The fraction of sp³-hybridized carbons (Fsp3) is 0.750. The Morgan fingerprint density at radius 2 is 2.06 bits per heavy atom. The van der Waals surface area contributed by atoms with E-state index in [1.807, 2.05) is 0 Å². The summed E-state index contributed by atoms with van der Waals surface area (Å²) in [5.74, 6) is -0.162. The molecule has 5 nitrogen and oxygen atoms in total. The Hall–Kier alpha value is -1.39. The van der Waals surface area contributed by atoms with E-state index in [1.54, 1.807) is 11.6 Å². The van der Waals surface area contributed by atoms with Crippen LogP contribution in [0.25, 0.3) is 0 Å². The van der Waals surface area contributed by atoms with Gasteiger partial charge < -0.3 is 5.11 Å². The van der Waals surface area contributed by atoms with Crippen molar-refractivity contribution < 1.29 is 9.90 Å². The molecule has 0 aliphatic heterocycles. The van der Waals surface area contributed by atoms with E-state index in [9.17, 15) is 4.79 Å². The molecule has 0 unspecified atom stereocenters. The first-order valence-corrected chi connectivity index (χ1v) is 6.28. The van der Waals surface area contributed by atoms with Crippen molar-refractivity contribution >= 4 is 5.97 Å². The Balaban J connectivity index is 2.11. The summed E-state index contributed by atoms with van der Waals surface area (Å²) in [5.41, 5.74) is 0.764. The third-order valence-corrected chi connectivity index (χ3v) is 3.87. The molecule has 1 heterocycles. The van der Waals surface area contributed by atoms with Crippen molar-refractivity contribution in [1.82, 2.24) is 15.0 Å². The van der Waals surface area contributed by atoms with Crippen LogP contribution in [0.4, 0.5) is 0 Å². The highest BCUT2D eigenvalue weighted by Crippen LogP contribution is 2.33. The van der Waals surface area contributed by atoms with Gasteiger partial charge in [-0.15, -0.1) is 5.10 Å². The first-order valence-electron chi connectivity index (χ1n) is 6.28. The standard InChI is InChI=1S/C12H19N3O2/c1-3-9-4-6-10(7-5-9)15-8(2)11(12(16)17)13-14-15/h9-10H,3-7H2,1-2H3,(H,16,17). The molecule has 2 rings (SSSR count). The number of nitrogens with zero attached hydrogens (tertiary/aromatic N) is 3. The topological polar surface area (TPSA) is 68.0 Å². The Morgan fingerprint density at radius 3 is 2.53 bits per heavy atom. The van der Waals surface area contributed by atoms with Crippen molar-refractivity contribution in [2.75, 3.05) is 0 Å². The third-order valence-electron chi connectivity index (χ3n) is 3.87. The Kier molecular flexibility index (Phi) is 3.45. The van der Waals surface area contributed by atoms with E-state index in [0.717, 1.165) is 18.8 Å². The summed E-state index contributed by atoms with van der Waals surface area (Å²) in [6.07, 6.45) is 5.83. The predicted octanol–water partition coefficient (Wildman–Crippen LogP) is 2.43. The van der Waals surface area contributed by atoms with Gasteiger partial charge in [0, 0.05) is 0 Å². The third kappa shape index (κ3) is 2.33. The molecule has 1 N–H and O–H groups in total. The molecule has 0 saturated heterocycles. The van der Waals surface area contributed by atoms with Gasteiger partial charge in [-0.1, -0.05) is 18.6 Å². The van der Waals surface area contributed by atoms with Crippen LogP contribution in [0.2, 0.25) is 0 Å². The lowest BCUT2D eigenvalue weighted by atomic mass is 9.84. The second-order valence-corrected chi connectivity index (χ2v) is 4.86. The summed E-state index contributed by atoms with van der Waals surface area (Å²) in [6, 6.07) is 0.332. The molecule has 5 heteroatoms. The summed E-state index contributed by atoms with van der Waals surface area (Å²) in [6.45, 7) is 4.02. The van der Waals surface area contributed by atoms with Gasteiger partial charge in [-0.2, -0.15) is 0 Å². The maximum atomic E-state index is 10.9.